The Morgan fingerprint density at radius 3 is 2.76 bits per heavy atom. The number of nitrogens with zero attached hydrogens (tertiary/aromatic N) is 4. The van der Waals surface area contributed by atoms with Gasteiger partial charge in [0.15, 0.2) is 5.69 Å². The van der Waals surface area contributed by atoms with Gasteiger partial charge in [-0.3, -0.25) is 0 Å². The zero-order chi connectivity index (χ0) is 14.8. The molecule has 2 heterocycles. The minimum absolute atomic E-state index is 0.469. The van der Waals surface area contributed by atoms with E-state index in [-0.39, 0.29) is 0 Å². The standard InChI is InChI=1S/C15H14N4OS/c1-3-8-20-12-6-4-11(5-7-12)14-13(9-16)19-15(17-14)21-10(2)18-19/h4-7H,3,8H2,1-2H3. The van der Waals surface area contributed by atoms with Crippen LogP contribution in [0.15, 0.2) is 24.3 Å². The molecule has 5 nitrogen and oxygen atoms in total. The number of hydrogen-bond donors (Lipinski definition) is 0. The molecule has 106 valence electrons. The highest BCUT2D eigenvalue weighted by molar-refractivity contribution is 7.16. The SMILES string of the molecule is CCCOc1ccc(-c2nc3sc(C)nn3c2C#N)cc1. The van der Waals surface area contributed by atoms with E-state index in [4.69, 9.17) is 4.74 Å². The third-order valence-electron chi connectivity index (χ3n) is 3.01. The number of aryl methyl sites for hydroxylation is 1. The van der Waals surface area contributed by atoms with Crippen LogP contribution in [0.2, 0.25) is 0 Å². The largest absolute Gasteiger partial charge is 0.494 e. The van der Waals surface area contributed by atoms with Crippen molar-refractivity contribution >= 4 is 16.3 Å². The minimum atomic E-state index is 0.469. The van der Waals surface area contributed by atoms with Crippen molar-refractivity contribution in [3.8, 4) is 23.1 Å². The molecule has 0 saturated carbocycles. The maximum Gasteiger partial charge on any atom is 0.213 e. The molecule has 6 heteroatoms. The average molecular weight is 298 g/mol. The lowest BCUT2D eigenvalue weighted by Gasteiger charge is -2.04. The zero-order valence-electron chi connectivity index (χ0n) is 11.8. The fourth-order valence-electron chi connectivity index (χ4n) is 2.07. The van der Waals surface area contributed by atoms with E-state index >= 15 is 0 Å². The molecule has 0 amide bonds. The first-order valence-corrected chi connectivity index (χ1v) is 7.54. The van der Waals surface area contributed by atoms with Crippen molar-refractivity contribution in [3.05, 3.63) is 35.0 Å². The van der Waals surface area contributed by atoms with Gasteiger partial charge in [0.1, 0.15) is 22.5 Å². The Morgan fingerprint density at radius 1 is 1.33 bits per heavy atom. The molecule has 0 aliphatic heterocycles. The molecule has 0 atom stereocenters. The van der Waals surface area contributed by atoms with Crippen LogP contribution in [0.4, 0.5) is 0 Å². The lowest BCUT2D eigenvalue weighted by Crippen LogP contribution is -1.95. The summed E-state index contributed by atoms with van der Waals surface area (Å²) in [5.74, 6) is 0.828. The molecule has 1 aromatic carbocycles. The van der Waals surface area contributed by atoms with Crippen LogP contribution in [-0.4, -0.2) is 21.2 Å². The molecule has 0 saturated heterocycles. The van der Waals surface area contributed by atoms with Gasteiger partial charge in [0, 0.05) is 5.56 Å². The van der Waals surface area contributed by atoms with Gasteiger partial charge < -0.3 is 4.74 Å². The van der Waals surface area contributed by atoms with E-state index in [9.17, 15) is 5.26 Å². The van der Waals surface area contributed by atoms with Crippen LogP contribution in [0, 0.1) is 18.3 Å². The Kier molecular flexibility index (Phi) is 3.59. The van der Waals surface area contributed by atoms with E-state index in [0.29, 0.717) is 18.0 Å². The van der Waals surface area contributed by atoms with Crippen LogP contribution in [0.5, 0.6) is 5.75 Å². The summed E-state index contributed by atoms with van der Waals surface area (Å²) in [4.78, 5) is 5.26. The third-order valence-corrected chi connectivity index (χ3v) is 3.83. The number of nitriles is 1. The summed E-state index contributed by atoms with van der Waals surface area (Å²) in [5, 5.41) is 14.6. The van der Waals surface area contributed by atoms with Crippen molar-refractivity contribution in [2.45, 2.75) is 20.3 Å². The quantitative estimate of drug-likeness (QED) is 0.740. The summed E-state index contributed by atoms with van der Waals surface area (Å²) < 4.78 is 7.17. The number of ether oxygens (including phenoxy) is 1. The highest BCUT2D eigenvalue weighted by atomic mass is 32.1. The summed E-state index contributed by atoms with van der Waals surface area (Å²) in [5.41, 5.74) is 2.03. The molecule has 21 heavy (non-hydrogen) atoms. The van der Waals surface area contributed by atoms with E-state index in [0.717, 1.165) is 27.7 Å². The molecule has 0 unspecified atom stereocenters. The van der Waals surface area contributed by atoms with E-state index in [1.807, 2.05) is 31.2 Å². The van der Waals surface area contributed by atoms with Gasteiger partial charge in [-0.2, -0.15) is 14.9 Å². The first-order valence-electron chi connectivity index (χ1n) is 6.72. The number of benzene rings is 1. The molecule has 0 spiro atoms. The highest BCUT2D eigenvalue weighted by Crippen LogP contribution is 2.27. The van der Waals surface area contributed by atoms with E-state index in [1.54, 1.807) is 4.52 Å². The lowest BCUT2D eigenvalue weighted by atomic mass is 10.1. The van der Waals surface area contributed by atoms with Crippen molar-refractivity contribution in [1.29, 1.82) is 5.26 Å². The average Bonchev–Trinajstić information content (AvgIpc) is 3.01. The minimum Gasteiger partial charge on any atom is -0.494 e. The molecular formula is C15H14N4OS. The van der Waals surface area contributed by atoms with Crippen molar-refractivity contribution in [2.24, 2.45) is 0 Å². The van der Waals surface area contributed by atoms with Gasteiger partial charge in [-0.05, 0) is 37.6 Å². The van der Waals surface area contributed by atoms with Crippen molar-refractivity contribution in [2.75, 3.05) is 6.61 Å². The predicted molar refractivity (Wildman–Crippen MR) is 81.5 cm³/mol. The Labute approximate surface area is 126 Å². The summed E-state index contributed by atoms with van der Waals surface area (Å²) in [6.07, 6.45) is 0.975. The predicted octanol–water partition coefficient (Wildman–Crippen LogP) is 3.43. The van der Waals surface area contributed by atoms with Crippen LogP contribution >= 0.6 is 11.3 Å². The molecule has 3 rings (SSSR count). The number of imidazole rings is 1. The first-order chi connectivity index (χ1) is 10.2. The van der Waals surface area contributed by atoms with Gasteiger partial charge in [0.2, 0.25) is 4.96 Å². The molecule has 3 aromatic rings. The third kappa shape index (κ3) is 2.48. The molecule has 0 fully saturated rings. The Morgan fingerprint density at radius 2 is 2.10 bits per heavy atom. The van der Waals surface area contributed by atoms with Crippen LogP contribution in [0.3, 0.4) is 0 Å². The molecule has 0 radical (unpaired) electrons. The van der Waals surface area contributed by atoms with Crippen molar-refractivity contribution in [1.82, 2.24) is 14.6 Å². The molecular weight excluding hydrogens is 284 g/mol. The topological polar surface area (TPSA) is 63.2 Å². The number of hydrogen-bond acceptors (Lipinski definition) is 5. The monoisotopic (exact) mass is 298 g/mol. The number of fused-ring (bicyclic) bond motifs is 1. The summed E-state index contributed by atoms with van der Waals surface area (Å²) in [6.45, 7) is 4.67. The highest BCUT2D eigenvalue weighted by Gasteiger charge is 2.16. The first kappa shape index (κ1) is 13.6. The number of rotatable bonds is 4. The van der Waals surface area contributed by atoms with Crippen LogP contribution in [0.1, 0.15) is 24.0 Å². The van der Waals surface area contributed by atoms with Gasteiger partial charge in [0.05, 0.1) is 6.61 Å². The Bertz CT molecular complexity index is 811. The summed E-state index contributed by atoms with van der Waals surface area (Å²) >= 11 is 1.48. The second kappa shape index (κ2) is 5.54. The molecule has 0 aliphatic carbocycles. The fraction of sp³-hybridized carbons (Fsp3) is 0.267. The van der Waals surface area contributed by atoms with Gasteiger partial charge >= 0.3 is 0 Å². The smallest absolute Gasteiger partial charge is 0.213 e. The van der Waals surface area contributed by atoms with Gasteiger partial charge in [0.25, 0.3) is 0 Å². The molecule has 0 N–H and O–H groups in total. The molecule has 0 aliphatic rings. The Balaban J connectivity index is 2.00. The zero-order valence-corrected chi connectivity index (χ0v) is 12.6. The van der Waals surface area contributed by atoms with Crippen molar-refractivity contribution < 1.29 is 4.74 Å². The summed E-state index contributed by atoms with van der Waals surface area (Å²) in [7, 11) is 0. The van der Waals surface area contributed by atoms with Gasteiger partial charge in [-0.1, -0.05) is 18.3 Å². The lowest BCUT2D eigenvalue weighted by molar-refractivity contribution is 0.317. The fourth-order valence-corrected chi connectivity index (χ4v) is 2.82. The van der Waals surface area contributed by atoms with Gasteiger partial charge in [-0.25, -0.2) is 4.98 Å². The van der Waals surface area contributed by atoms with E-state index < -0.39 is 0 Å². The Hall–Kier alpha value is -2.39. The molecule has 2 aromatic heterocycles. The second-order valence-electron chi connectivity index (χ2n) is 4.61. The second-order valence-corrected chi connectivity index (χ2v) is 5.77. The van der Waals surface area contributed by atoms with Crippen LogP contribution in [0.25, 0.3) is 16.2 Å². The maximum absolute atomic E-state index is 9.38. The van der Waals surface area contributed by atoms with Crippen LogP contribution in [-0.2, 0) is 0 Å². The van der Waals surface area contributed by atoms with Gasteiger partial charge in [-0.15, -0.1) is 0 Å². The summed E-state index contributed by atoms with van der Waals surface area (Å²) in [6, 6.07) is 9.84. The van der Waals surface area contributed by atoms with Crippen molar-refractivity contribution in [3.63, 3.8) is 0 Å². The normalized spacial score (nSPS) is 10.7. The number of aromatic nitrogens is 3. The maximum atomic E-state index is 9.38. The van der Waals surface area contributed by atoms with E-state index in [1.165, 1.54) is 11.3 Å². The van der Waals surface area contributed by atoms with Crippen LogP contribution < -0.4 is 4.74 Å². The van der Waals surface area contributed by atoms with E-state index in [2.05, 4.69) is 23.1 Å². The molecule has 0 bridgehead atoms.